The van der Waals surface area contributed by atoms with Crippen molar-refractivity contribution in [3.8, 4) is 17.0 Å². The molecule has 0 aliphatic carbocycles. The van der Waals surface area contributed by atoms with E-state index >= 15 is 0 Å². The Hall–Kier alpha value is -2.97. The molecule has 5 rings (SSSR count). The van der Waals surface area contributed by atoms with Gasteiger partial charge in [-0.25, -0.2) is 0 Å². The molecule has 2 aliphatic heterocycles. The Kier molecular flexibility index (Phi) is 5.33. The standard InChI is InChI=1S/C23H27N5O3/c1-15-13-27(7-9-30-15)22-19-11-21(17-3-5-18(29)6-4-17)24-12-20(19)23(26-25-22)28-8-10-31-16(2)14-28/h3-6,11-12,15-16,29H,7-10,13-14H2,1-2H3. The van der Waals surface area contributed by atoms with Crippen molar-refractivity contribution in [1.82, 2.24) is 15.2 Å². The van der Waals surface area contributed by atoms with Gasteiger partial charge in [0.15, 0.2) is 11.6 Å². The average molecular weight is 422 g/mol. The number of ether oxygens (including phenoxy) is 2. The van der Waals surface area contributed by atoms with Crippen molar-refractivity contribution in [3.63, 3.8) is 0 Å². The number of benzene rings is 1. The summed E-state index contributed by atoms with van der Waals surface area (Å²) >= 11 is 0. The maximum absolute atomic E-state index is 9.64. The minimum absolute atomic E-state index is 0.142. The van der Waals surface area contributed by atoms with Gasteiger partial charge in [0.1, 0.15) is 5.75 Å². The van der Waals surface area contributed by atoms with Crippen LogP contribution in [0.3, 0.4) is 0 Å². The molecular weight excluding hydrogens is 394 g/mol. The molecule has 1 aromatic carbocycles. The van der Waals surface area contributed by atoms with Gasteiger partial charge in [-0.1, -0.05) is 0 Å². The Balaban J connectivity index is 1.63. The molecule has 2 atom stereocenters. The smallest absolute Gasteiger partial charge is 0.161 e. The van der Waals surface area contributed by atoms with Gasteiger partial charge in [-0.3, -0.25) is 4.98 Å². The minimum atomic E-state index is 0.142. The summed E-state index contributed by atoms with van der Waals surface area (Å²) in [5.74, 6) is 1.94. The van der Waals surface area contributed by atoms with Crippen LogP contribution in [0.2, 0.25) is 0 Å². The third-order valence-electron chi connectivity index (χ3n) is 5.87. The van der Waals surface area contributed by atoms with Crippen LogP contribution in [-0.2, 0) is 9.47 Å². The molecule has 2 fully saturated rings. The number of nitrogens with zero attached hydrogens (tertiary/aromatic N) is 5. The number of hydrogen-bond donors (Lipinski definition) is 1. The summed E-state index contributed by atoms with van der Waals surface area (Å²) in [5, 5.41) is 21.0. The third-order valence-corrected chi connectivity index (χ3v) is 5.87. The second-order valence-corrected chi connectivity index (χ2v) is 8.26. The quantitative estimate of drug-likeness (QED) is 0.691. The molecule has 0 radical (unpaired) electrons. The van der Waals surface area contributed by atoms with Crippen LogP contribution in [0.1, 0.15) is 13.8 Å². The second kappa shape index (κ2) is 8.28. The van der Waals surface area contributed by atoms with Gasteiger partial charge in [-0.15, -0.1) is 10.2 Å². The number of aromatic nitrogens is 3. The summed E-state index contributed by atoms with van der Waals surface area (Å²) in [7, 11) is 0. The topological polar surface area (TPSA) is 83.8 Å². The molecule has 8 heteroatoms. The Morgan fingerprint density at radius 3 is 2.03 bits per heavy atom. The van der Waals surface area contributed by atoms with Crippen molar-refractivity contribution in [1.29, 1.82) is 0 Å². The molecule has 4 heterocycles. The van der Waals surface area contributed by atoms with E-state index in [-0.39, 0.29) is 18.0 Å². The normalized spacial score (nSPS) is 22.1. The van der Waals surface area contributed by atoms with E-state index in [9.17, 15) is 5.11 Å². The van der Waals surface area contributed by atoms with Gasteiger partial charge in [0.2, 0.25) is 0 Å². The van der Waals surface area contributed by atoms with Gasteiger partial charge in [-0.2, -0.15) is 0 Å². The van der Waals surface area contributed by atoms with Crippen LogP contribution in [0.25, 0.3) is 22.0 Å². The maximum atomic E-state index is 9.64. The number of pyridine rings is 1. The molecule has 2 aromatic heterocycles. The Bertz CT molecular complexity index is 1070. The Morgan fingerprint density at radius 1 is 0.871 bits per heavy atom. The number of hydrogen-bond acceptors (Lipinski definition) is 8. The summed E-state index contributed by atoms with van der Waals surface area (Å²) in [6.07, 6.45) is 2.19. The molecule has 31 heavy (non-hydrogen) atoms. The van der Waals surface area contributed by atoms with Crippen molar-refractivity contribution in [3.05, 3.63) is 36.5 Å². The lowest BCUT2D eigenvalue weighted by Crippen LogP contribution is -2.43. The first-order valence-electron chi connectivity index (χ1n) is 10.8. The highest BCUT2D eigenvalue weighted by Gasteiger charge is 2.25. The number of rotatable bonds is 3. The fourth-order valence-corrected chi connectivity index (χ4v) is 4.30. The summed E-state index contributed by atoms with van der Waals surface area (Å²) in [6, 6.07) is 9.19. The molecule has 162 valence electrons. The first kappa shape index (κ1) is 20.0. The van der Waals surface area contributed by atoms with E-state index in [0.29, 0.717) is 13.2 Å². The number of aromatic hydroxyl groups is 1. The zero-order chi connectivity index (χ0) is 21.4. The largest absolute Gasteiger partial charge is 0.508 e. The highest BCUT2D eigenvalue weighted by Crippen LogP contribution is 2.34. The van der Waals surface area contributed by atoms with Crippen molar-refractivity contribution in [2.75, 3.05) is 49.2 Å². The van der Waals surface area contributed by atoms with Crippen molar-refractivity contribution < 1.29 is 14.6 Å². The first-order valence-corrected chi connectivity index (χ1v) is 10.8. The summed E-state index contributed by atoms with van der Waals surface area (Å²) in [5.41, 5.74) is 1.78. The number of phenolic OH excluding ortho intramolecular Hbond substituents is 1. The lowest BCUT2D eigenvalue weighted by molar-refractivity contribution is 0.0524. The van der Waals surface area contributed by atoms with E-state index in [2.05, 4.69) is 39.9 Å². The number of anilines is 2. The van der Waals surface area contributed by atoms with Crippen LogP contribution >= 0.6 is 0 Å². The third kappa shape index (κ3) is 4.00. The molecule has 2 saturated heterocycles. The molecule has 0 spiro atoms. The molecule has 2 unspecified atom stereocenters. The fraction of sp³-hybridized carbons (Fsp3) is 0.435. The number of phenols is 1. The second-order valence-electron chi connectivity index (χ2n) is 8.26. The summed E-state index contributed by atoms with van der Waals surface area (Å²) in [4.78, 5) is 9.21. The monoisotopic (exact) mass is 421 g/mol. The van der Waals surface area contributed by atoms with Gasteiger partial charge in [0.25, 0.3) is 0 Å². The van der Waals surface area contributed by atoms with Crippen LogP contribution in [0.5, 0.6) is 5.75 Å². The highest BCUT2D eigenvalue weighted by atomic mass is 16.5. The maximum Gasteiger partial charge on any atom is 0.161 e. The molecule has 1 N–H and O–H groups in total. The average Bonchev–Trinajstić information content (AvgIpc) is 2.78. The van der Waals surface area contributed by atoms with Crippen LogP contribution in [0.4, 0.5) is 11.6 Å². The van der Waals surface area contributed by atoms with E-state index in [0.717, 1.165) is 59.8 Å². The van der Waals surface area contributed by atoms with E-state index < -0.39 is 0 Å². The summed E-state index contributed by atoms with van der Waals surface area (Å²) < 4.78 is 11.4. The van der Waals surface area contributed by atoms with E-state index in [1.807, 2.05) is 18.3 Å². The highest BCUT2D eigenvalue weighted by molar-refractivity contribution is 6.00. The SMILES string of the molecule is CC1CN(c2nnc(N3CCOC(C)C3)c3cc(-c4ccc(O)cc4)ncc23)CCO1. The van der Waals surface area contributed by atoms with Gasteiger partial charge < -0.3 is 24.4 Å². The zero-order valence-corrected chi connectivity index (χ0v) is 17.9. The van der Waals surface area contributed by atoms with Gasteiger partial charge >= 0.3 is 0 Å². The molecule has 3 aromatic rings. The first-order chi connectivity index (χ1) is 15.1. The molecule has 8 nitrogen and oxygen atoms in total. The molecule has 2 aliphatic rings. The molecular formula is C23H27N5O3. The molecule has 0 saturated carbocycles. The molecule has 0 bridgehead atoms. The predicted molar refractivity (Wildman–Crippen MR) is 120 cm³/mol. The minimum Gasteiger partial charge on any atom is -0.508 e. The van der Waals surface area contributed by atoms with Gasteiger partial charge in [-0.05, 0) is 44.2 Å². The Morgan fingerprint density at radius 2 is 1.45 bits per heavy atom. The van der Waals surface area contributed by atoms with Crippen molar-refractivity contribution >= 4 is 22.4 Å². The predicted octanol–water partition coefficient (Wildman–Crippen LogP) is 2.85. The van der Waals surface area contributed by atoms with Crippen LogP contribution in [0, 0.1) is 0 Å². The van der Waals surface area contributed by atoms with Gasteiger partial charge in [0, 0.05) is 48.7 Å². The zero-order valence-electron chi connectivity index (χ0n) is 17.9. The van der Waals surface area contributed by atoms with Crippen LogP contribution in [0.15, 0.2) is 36.5 Å². The number of morpholine rings is 2. The van der Waals surface area contributed by atoms with Crippen LogP contribution in [-0.4, -0.2) is 71.9 Å². The van der Waals surface area contributed by atoms with Crippen molar-refractivity contribution in [2.24, 2.45) is 0 Å². The van der Waals surface area contributed by atoms with Crippen molar-refractivity contribution in [2.45, 2.75) is 26.1 Å². The summed E-state index contributed by atoms with van der Waals surface area (Å²) in [6.45, 7) is 8.60. The lowest BCUT2D eigenvalue weighted by atomic mass is 10.1. The Labute approximate surface area is 181 Å². The van der Waals surface area contributed by atoms with E-state index in [1.165, 1.54) is 0 Å². The lowest BCUT2D eigenvalue weighted by Gasteiger charge is -2.34. The number of fused-ring (bicyclic) bond motifs is 1. The van der Waals surface area contributed by atoms with Crippen LogP contribution < -0.4 is 9.80 Å². The molecule has 0 amide bonds. The van der Waals surface area contributed by atoms with E-state index in [4.69, 9.17) is 14.5 Å². The van der Waals surface area contributed by atoms with E-state index in [1.54, 1.807) is 12.1 Å². The van der Waals surface area contributed by atoms with Gasteiger partial charge in [0.05, 0.1) is 31.1 Å². The fourth-order valence-electron chi connectivity index (χ4n) is 4.30.